The van der Waals surface area contributed by atoms with Gasteiger partial charge in [-0.2, -0.15) is 0 Å². The van der Waals surface area contributed by atoms with Crippen molar-refractivity contribution in [3.05, 3.63) is 65.7 Å². The molecule has 0 aliphatic carbocycles. The van der Waals surface area contributed by atoms with E-state index in [4.69, 9.17) is 4.74 Å². The quantitative estimate of drug-likeness (QED) is 0.519. The van der Waals surface area contributed by atoms with E-state index in [0.29, 0.717) is 31.7 Å². The largest absolute Gasteiger partial charge is 0.489 e. The molecule has 0 bridgehead atoms. The van der Waals surface area contributed by atoms with E-state index in [2.05, 4.69) is 5.32 Å². The van der Waals surface area contributed by atoms with Crippen LogP contribution in [0.2, 0.25) is 0 Å². The normalized spacial score (nSPS) is 17.5. The van der Waals surface area contributed by atoms with Crippen LogP contribution in [0.1, 0.15) is 30.9 Å². The molecule has 8 nitrogen and oxygen atoms in total. The van der Waals surface area contributed by atoms with Crippen molar-refractivity contribution in [2.24, 2.45) is 0 Å². The molecule has 3 N–H and O–H groups in total. The molecule has 1 saturated heterocycles. The third-order valence-corrected chi connectivity index (χ3v) is 5.55. The van der Waals surface area contributed by atoms with Crippen LogP contribution in [0.4, 0.5) is 0 Å². The molecular formula is C24H28N2O6. The summed E-state index contributed by atoms with van der Waals surface area (Å²) in [4.78, 5) is 37.1. The van der Waals surface area contributed by atoms with Gasteiger partial charge in [0.15, 0.2) is 0 Å². The van der Waals surface area contributed by atoms with Crippen LogP contribution in [0.25, 0.3) is 0 Å². The van der Waals surface area contributed by atoms with E-state index < -0.39 is 36.0 Å². The number of carbonyl (C=O) groups excluding carboxylic acids is 1. The minimum Gasteiger partial charge on any atom is -0.489 e. The van der Waals surface area contributed by atoms with Crippen molar-refractivity contribution in [2.75, 3.05) is 6.54 Å². The van der Waals surface area contributed by atoms with E-state index in [1.54, 1.807) is 31.2 Å². The fourth-order valence-corrected chi connectivity index (χ4v) is 3.82. The molecule has 1 heterocycles. The van der Waals surface area contributed by atoms with Gasteiger partial charge >= 0.3 is 11.9 Å². The van der Waals surface area contributed by atoms with Crippen molar-refractivity contribution >= 4 is 17.8 Å². The first-order chi connectivity index (χ1) is 15.3. The average molecular weight is 440 g/mol. The van der Waals surface area contributed by atoms with Crippen molar-refractivity contribution < 1.29 is 29.3 Å². The smallest absolute Gasteiger partial charge is 0.326 e. The summed E-state index contributed by atoms with van der Waals surface area (Å²) in [5, 5.41) is 21.8. The van der Waals surface area contributed by atoms with Gasteiger partial charge in [0.2, 0.25) is 5.91 Å². The lowest BCUT2D eigenvalue weighted by molar-refractivity contribution is -0.149. The lowest BCUT2D eigenvalue weighted by Gasteiger charge is -2.27. The van der Waals surface area contributed by atoms with Gasteiger partial charge in [-0.05, 0) is 49.4 Å². The molecule has 0 saturated carbocycles. The average Bonchev–Trinajstić information content (AvgIpc) is 3.28. The molecule has 1 aliphatic heterocycles. The highest BCUT2D eigenvalue weighted by molar-refractivity contribution is 5.88. The number of carbonyl (C=O) groups is 3. The number of rotatable bonds is 10. The highest BCUT2D eigenvalue weighted by atomic mass is 16.5. The number of aliphatic carboxylic acids is 2. The summed E-state index contributed by atoms with van der Waals surface area (Å²) in [7, 11) is 0. The van der Waals surface area contributed by atoms with Gasteiger partial charge in [0, 0.05) is 6.54 Å². The van der Waals surface area contributed by atoms with Gasteiger partial charge in [0.25, 0.3) is 0 Å². The SMILES string of the molecule is C[C@H](NC(Cc1ccc(OCc2ccccc2)cc1)C(=O)O)C(=O)N1CCC[C@H]1C(=O)O. The Morgan fingerprint density at radius 1 is 1.06 bits per heavy atom. The topological polar surface area (TPSA) is 116 Å². The minimum absolute atomic E-state index is 0.175. The number of carboxylic acids is 2. The molecular weight excluding hydrogens is 412 g/mol. The number of hydrogen-bond acceptors (Lipinski definition) is 5. The summed E-state index contributed by atoms with van der Waals surface area (Å²) in [5.41, 5.74) is 1.83. The lowest BCUT2D eigenvalue weighted by atomic mass is 10.0. The molecule has 0 spiro atoms. The predicted molar refractivity (Wildman–Crippen MR) is 117 cm³/mol. The van der Waals surface area contributed by atoms with E-state index >= 15 is 0 Å². The van der Waals surface area contributed by atoms with Gasteiger partial charge in [-0.15, -0.1) is 0 Å². The Hall–Kier alpha value is -3.39. The van der Waals surface area contributed by atoms with Crippen molar-refractivity contribution in [1.29, 1.82) is 0 Å². The zero-order chi connectivity index (χ0) is 23.1. The van der Waals surface area contributed by atoms with Crippen molar-refractivity contribution in [1.82, 2.24) is 10.2 Å². The zero-order valence-electron chi connectivity index (χ0n) is 17.9. The molecule has 8 heteroatoms. The third-order valence-electron chi connectivity index (χ3n) is 5.55. The summed E-state index contributed by atoms with van der Waals surface area (Å²) in [6.45, 7) is 2.37. The highest BCUT2D eigenvalue weighted by Gasteiger charge is 2.36. The van der Waals surface area contributed by atoms with Crippen LogP contribution in [-0.2, 0) is 27.4 Å². The molecule has 1 unspecified atom stereocenters. The maximum absolute atomic E-state index is 12.7. The number of hydrogen-bond donors (Lipinski definition) is 3. The minimum atomic E-state index is -1.08. The predicted octanol–water partition coefficient (Wildman–Crippen LogP) is 2.31. The number of carboxylic acid groups (broad SMARTS) is 2. The Morgan fingerprint density at radius 3 is 2.38 bits per heavy atom. The maximum atomic E-state index is 12.7. The van der Waals surface area contributed by atoms with Gasteiger partial charge < -0.3 is 19.8 Å². The van der Waals surface area contributed by atoms with Gasteiger partial charge in [-0.25, -0.2) is 4.79 Å². The number of nitrogens with zero attached hydrogens (tertiary/aromatic N) is 1. The second-order valence-electron chi connectivity index (χ2n) is 7.93. The van der Waals surface area contributed by atoms with Crippen LogP contribution in [-0.4, -0.2) is 57.6 Å². The summed E-state index contributed by atoms with van der Waals surface area (Å²) < 4.78 is 5.75. The van der Waals surface area contributed by atoms with Crippen molar-refractivity contribution in [3.63, 3.8) is 0 Å². The second-order valence-corrected chi connectivity index (χ2v) is 7.93. The number of likely N-dealkylation sites (tertiary alicyclic amines) is 1. The molecule has 0 radical (unpaired) electrons. The number of ether oxygens (including phenoxy) is 1. The van der Waals surface area contributed by atoms with Crippen LogP contribution in [0.15, 0.2) is 54.6 Å². The molecule has 2 aromatic rings. The fraction of sp³-hybridized carbons (Fsp3) is 0.375. The molecule has 1 fully saturated rings. The Balaban J connectivity index is 1.57. The number of amides is 1. The van der Waals surface area contributed by atoms with Crippen LogP contribution >= 0.6 is 0 Å². The number of benzene rings is 2. The van der Waals surface area contributed by atoms with Crippen molar-refractivity contribution in [2.45, 2.75) is 50.9 Å². The maximum Gasteiger partial charge on any atom is 0.326 e. The Morgan fingerprint density at radius 2 is 1.75 bits per heavy atom. The number of nitrogens with one attached hydrogen (secondary N) is 1. The Labute approximate surface area is 186 Å². The summed E-state index contributed by atoms with van der Waals surface area (Å²) in [6.07, 6.45) is 1.21. The molecule has 1 aliphatic rings. The summed E-state index contributed by atoms with van der Waals surface area (Å²) in [5.74, 6) is -1.83. The molecule has 3 rings (SSSR count). The monoisotopic (exact) mass is 440 g/mol. The van der Waals surface area contributed by atoms with Gasteiger partial charge in [0.1, 0.15) is 24.4 Å². The van der Waals surface area contributed by atoms with Gasteiger partial charge in [-0.1, -0.05) is 42.5 Å². The molecule has 0 aromatic heterocycles. The van der Waals surface area contributed by atoms with Gasteiger partial charge in [-0.3, -0.25) is 14.9 Å². The van der Waals surface area contributed by atoms with E-state index in [0.717, 1.165) is 11.1 Å². The standard InChI is InChI=1S/C24H28N2O6/c1-16(22(27)26-13-5-8-21(26)24(30)31)25-20(23(28)29)14-17-9-11-19(12-10-17)32-15-18-6-3-2-4-7-18/h2-4,6-7,9-12,16,20-21,25H,5,8,13-15H2,1H3,(H,28,29)(H,30,31)/t16-,20?,21-/m0/s1. The fourth-order valence-electron chi connectivity index (χ4n) is 3.82. The first kappa shape index (κ1) is 23.3. The second kappa shape index (κ2) is 10.8. The Bertz CT molecular complexity index is 931. The van der Waals surface area contributed by atoms with Crippen LogP contribution < -0.4 is 10.1 Å². The summed E-state index contributed by atoms with van der Waals surface area (Å²) >= 11 is 0. The lowest BCUT2D eigenvalue weighted by Crippen LogP contribution is -2.53. The van der Waals surface area contributed by atoms with E-state index in [1.165, 1.54) is 4.90 Å². The molecule has 32 heavy (non-hydrogen) atoms. The third kappa shape index (κ3) is 6.07. The molecule has 3 atom stereocenters. The van der Waals surface area contributed by atoms with Crippen LogP contribution in [0.5, 0.6) is 5.75 Å². The first-order valence-corrected chi connectivity index (χ1v) is 10.6. The molecule has 1 amide bonds. The van der Waals surface area contributed by atoms with Crippen LogP contribution in [0, 0.1) is 0 Å². The van der Waals surface area contributed by atoms with Crippen molar-refractivity contribution in [3.8, 4) is 5.75 Å². The van der Waals surface area contributed by atoms with E-state index in [9.17, 15) is 24.6 Å². The highest BCUT2D eigenvalue weighted by Crippen LogP contribution is 2.19. The zero-order valence-corrected chi connectivity index (χ0v) is 17.9. The molecule has 2 aromatic carbocycles. The van der Waals surface area contributed by atoms with Gasteiger partial charge in [0.05, 0.1) is 6.04 Å². The first-order valence-electron chi connectivity index (χ1n) is 10.6. The van der Waals surface area contributed by atoms with Crippen LogP contribution in [0.3, 0.4) is 0 Å². The summed E-state index contributed by atoms with van der Waals surface area (Å²) in [6, 6.07) is 14.3. The molecule has 170 valence electrons. The van der Waals surface area contributed by atoms with E-state index in [-0.39, 0.29) is 6.42 Å². The van der Waals surface area contributed by atoms with E-state index in [1.807, 2.05) is 30.3 Å². The Kier molecular flexibility index (Phi) is 7.83.